The standard InChI is InChI=1S/C20H16BrF2NO4/c1-25-19-10-13(2-8-18(19)28-20(22)23)11-24-26-12-16-7-9-17(27-16)14-3-5-15(21)6-4-14/h2-11,20H,12H2,1H3. The fraction of sp³-hybridized carbons (Fsp3) is 0.150. The molecule has 0 aliphatic carbocycles. The highest BCUT2D eigenvalue weighted by Crippen LogP contribution is 2.29. The first-order chi connectivity index (χ1) is 13.5. The van der Waals surface area contributed by atoms with Crippen molar-refractivity contribution < 1.29 is 27.5 Å². The van der Waals surface area contributed by atoms with Gasteiger partial charge in [-0.25, -0.2) is 0 Å². The first kappa shape index (κ1) is 19.9. The Hall–Kier alpha value is -2.87. The van der Waals surface area contributed by atoms with E-state index in [-0.39, 0.29) is 18.1 Å². The van der Waals surface area contributed by atoms with Crippen LogP contribution in [-0.2, 0) is 11.4 Å². The van der Waals surface area contributed by atoms with E-state index >= 15 is 0 Å². The molecule has 8 heteroatoms. The third-order valence-electron chi connectivity index (χ3n) is 3.68. The van der Waals surface area contributed by atoms with Crippen LogP contribution < -0.4 is 9.47 Å². The van der Waals surface area contributed by atoms with Crippen LogP contribution in [0.25, 0.3) is 11.3 Å². The Bertz CT molecular complexity index is 942. The summed E-state index contributed by atoms with van der Waals surface area (Å²) in [6, 6.07) is 15.9. The molecule has 0 fully saturated rings. The maximum atomic E-state index is 12.3. The average molecular weight is 452 g/mol. The van der Waals surface area contributed by atoms with Gasteiger partial charge in [-0.15, -0.1) is 0 Å². The number of ether oxygens (including phenoxy) is 2. The second-order valence-corrected chi connectivity index (χ2v) is 6.49. The maximum absolute atomic E-state index is 12.3. The highest BCUT2D eigenvalue weighted by molar-refractivity contribution is 9.10. The van der Waals surface area contributed by atoms with Gasteiger partial charge < -0.3 is 18.7 Å². The zero-order chi connectivity index (χ0) is 19.9. The third-order valence-corrected chi connectivity index (χ3v) is 4.21. The molecule has 0 spiro atoms. The number of halogens is 3. The van der Waals surface area contributed by atoms with Crippen molar-refractivity contribution in [1.82, 2.24) is 0 Å². The molecular formula is C20H16BrF2NO4. The first-order valence-electron chi connectivity index (χ1n) is 8.18. The van der Waals surface area contributed by atoms with Crippen molar-refractivity contribution in [2.45, 2.75) is 13.2 Å². The molecule has 0 aliphatic rings. The van der Waals surface area contributed by atoms with Gasteiger partial charge in [-0.1, -0.05) is 33.2 Å². The molecule has 2 aromatic carbocycles. The summed E-state index contributed by atoms with van der Waals surface area (Å²) in [5.74, 6) is 1.48. The van der Waals surface area contributed by atoms with Crippen LogP contribution >= 0.6 is 15.9 Å². The van der Waals surface area contributed by atoms with Crippen molar-refractivity contribution >= 4 is 22.1 Å². The van der Waals surface area contributed by atoms with E-state index in [0.29, 0.717) is 11.3 Å². The molecule has 0 saturated heterocycles. The normalized spacial score (nSPS) is 11.2. The Labute approximate surface area is 168 Å². The topological polar surface area (TPSA) is 53.2 Å². The van der Waals surface area contributed by atoms with Crippen LogP contribution in [0.4, 0.5) is 8.78 Å². The summed E-state index contributed by atoms with van der Waals surface area (Å²) >= 11 is 3.39. The summed E-state index contributed by atoms with van der Waals surface area (Å²) in [5.41, 5.74) is 1.56. The molecule has 0 bridgehead atoms. The molecule has 146 valence electrons. The molecule has 3 aromatic rings. The summed E-state index contributed by atoms with van der Waals surface area (Å²) < 4.78 is 40.8. The van der Waals surface area contributed by atoms with Crippen molar-refractivity contribution in [3.8, 4) is 22.8 Å². The van der Waals surface area contributed by atoms with E-state index in [1.807, 2.05) is 36.4 Å². The molecule has 3 rings (SSSR count). The fourth-order valence-corrected chi connectivity index (χ4v) is 2.65. The van der Waals surface area contributed by atoms with Gasteiger partial charge in [-0.3, -0.25) is 0 Å². The van der Waals surface area contributed by atoms with E-state index < -0.39 is 6.61 Å². The van der Waals surface area contributed by atoms with Gasteiger partial charge in [0.25, 0.3) is 0 Å². The van der Waals surface area contributed by atoms with Gasteiger partial charge >= 0.3 is 6.61 Å². The van der Waals surface area contributed by atoms with E-state index in [2.05, 4.69) is 25.8 Å². The van der Waals surface area contributed by atoms with E-state index in [1.54, 1.807) is 6.07 Å². The third kappa shape index (κ3) is 5.32. The molecule has 0 atom stereocenters. The zero-order valence-corrected chi connectivity index (χ0v) is 16.4. The summed E-state index contributed by atoms with van der Waals surface area (Å²) in [6.07, 6.45) is 1.44. The highest BCUT2D eigenvalue weighted by Gasteiger charge is 2.10. The van der Waals surface area contributed by atoms with Crippen molar-refractivity contribution in [3.05, 3.63) is 70.4 Å². The summed E-state index contributed by atoms with van der Waals surface area (Å²) in [4.78, 5) is 5.24. The fourth-order valence-electron chi connectivity index (χ4n) is 2.38. The summed E-state index contributed by atoms with van der Waals surface area (Å²) in [7, 11) is 1.37. The minimum Gasteiger partial charge on any atom is -0.493 e. The second kappa shape index (κ2) is 9.36. The Morgan fingerprint density at radius 1 is 1.07 bits per heavy atom. The lowest BCUT2D eigenvalue weighted by molar-refractivity contribution is -0.0512. The molecule has 28 heavy (non-hydrogen) atoms. The van der Waals surface area contributed by atoms with E-state index in [4.69, 9.17) is 14.0 Å². The molecule has 1 heterocycles. The van der Waals surface area contributed by atoms with E-state index in [0.717, 1.165) is 15.8 Å². The molecule has 0 saturated carbocycles. The SMILES string of the molecule is COc1cc(C=NOCc2ccc(-c3ccc(Br)cc3)o2)ccc1OC(F)F. The molecule has 0 radical (unpaired) electrons. The monoisotopic (exact) mass is 451 g/mol. The van der Waals surface area contributed by atoms with Gasteiger partial charge in [0.2, 0.25) is 0 Å². The van der Waals surface area contributed by atoms with Crippen molar-refractivity contribution in [3.63, 3.8) is 0 Å². The quantitative estimate of drug-likeness (QED) is 0.317. The van der Waals surface area contributed by atoms with Crippen LogP contribution in [0.15, 0.2) is 68.6 Å². The van der Waals surface area contributed by atoms with E-state index in [9.17, 15) is 8.78 Å². The lowest BCUT2D eigenvalue weighted by Gasteiger charge is -2.09. The minimum atomic E-state index is -2.92. The van der Waals surface area contributed by atoms with Crippen LogP contribution in [0.5, 0.6) is 11.5 Å². The predicted octanol–water partition coefficient (Wildman–Crippen LogP) is 5.87. The number of hydrogen-bond donors (Lipinski definition) is 0. The van der Waals surface area contributed by atoms with Crippen LogP contribution in [0, 0.1) is 0 Å². The van der Waals surface area contributed by atoms with Gasteiger partial charge in [0, 0.05) is 15.6 Å². The number of hydrogen-bond acceptors (Lipinski definition) is 5. The largest absolute Gasteiger partial charge is 0.493 e. The molecule has 5 nitrogen and oxygen atoms in total. The number of benzene rings is 2. The van der Waals surface area contributed by atoms with Gasteiger partial charge in [-0.2, -0.15) is 8.78 Å². The molecule has 0 unspecified atom stereocenters. The highest BCUT2D eigenvalue weighted by atomic mass is 79.9. The Morgan fingerprint density at radius 2 is 1.86 bits per heavy atom. The Balaban J connectivity index is 1.57. The minimum absolute atomic E-state index is 0.0494. The molecule has 0 amide bonds. The summed E-state index contributed by atoms with van der Waals surface area (Å²) in [5, 5.41) is 3.86. The number of methoxy groups -OCH3 is 1. The number of furan rings is 1. The van der Waals surface area contributed by atoms with Gasteiger partial charge in [-0.05, 0) is 42.5 Å². The van der Waals surface area contributed by atoms with Crippen LogP contribution in [0.1, 0.15) is 11.3 Å². The van der Waals surface area contributed by atoms with Gasteiger partial charge in [0.1, 0.15) is 11.5 Å². The predicted molar refractivity (Wildman–Crippen MR) is 104 cm³/mol. The maximum Gasteiger partial charge on any atom is 0.387 e. The molecular weight excluding hydrogens is 436 g/mol. The van der Waals surface area contributed by atoms with Gasteiger partial charge in [0.05, 0.1) is 13.3 Å². The number of alkyl halides is 2. The van der Waals surface area contributed by atoms with Crippen molar-refractivity contribution in [2.24, 2.45) is 5.16 Å². The van der Waals surface area contributed by atoms with Crippen LogP contribution in [-0.4, -0.2) is 19.9 Å². The van der Waals surface area contributed by atoms with Crippen LogP contribution in [0.3, 0.4) is 0 Å². The van der Waals surface area contributed by atoms with E-state index in [1.165, 1.54) is 25.5 Å². The lowest BCUT2D eigenvalue weighted by Crippen LogP contribution is -2.03. The number of nitrogens with zero attached hydrogens (tertiary/aromatic N) is 1. The zero-order valence-electron chi connectivity index (χ0n) is 14.8. The number of rotatable bonds is 8. The summed E-state index contributed by atoms with van der Waals surface area (Å²) in [6.45, 7) is -2.77. The average Bonchev–Trinajstić information content (AvgIpc) is 3.15. The first-order valence-corrected chi connectivity index (χ1v) is 8.97. The molecule has 0 N–H and O–H groups in total. The molecule has 0 aliphatic heterocycles. The second-order valence-electron chi connectivity index (χ2n) is 5.57. The smallest absolute Gasteiger partial charge is 0.387 e. The van der Waals surface area contributed by atoms with Crippen molar-refractivity contribution in [1.29, 1.82) is 0 Å². The Morgan fingerprint density at radius 3 is 2.57 bits per heavy atom. The Kier molecular flexibility index (Phi) is 6.65. The number of oxime groups is 1. The van der Waals surface area contributed by atoms with Gasteiger partial charge in [0.15, 0.2) is 18.1 Å². The van der Waals surface area contributed by atoms with Crippen LogP contribution in [0.2, 0.25) is 0 Å². The van der Waals surface area contributed by atoms with Crippen molar-refractivity contribution in [2.75, 3.05) is 7.11 Å². The molecule has 1 aromatic heterocycles. The lowest BCUT2D eigenvalue weighted by atomic mass is 10.2.